The Kier molecular flexibility index (Phi) is 4.29. The second kappa shape index (κ2) is 6.59. The Morgan fingerprint density at radius 3 is 1.32 bits per heavy atom. The van der Waals surface area contributed by atoms with Gasteiger partial charge in [-0.2, -0.15) is 0 Å². The number of thiophene rings is 2. The molecule has 0 aliphatic rings. The van der Waals surface area contributed by atoms with E-state index >= 15 is 0 Å². The zero-order chi connectivity index (χ0) is 17.3. The summed E-state index contributed by atoms with van der Waals surface area (Å²) in [4.78, 5) is 2.05. The van der Waals surface area contributed by atoms with Crippen LogP contribution in [0.5, 0.6) is 0 Å². The molecule has 2 aromatic carbocycles. The Morgan fingerprint density at radius 1 is 0.520 bits per heavy atom. The van der Waals surface area contributed by atoms with E-state index in [4.69, 9.17) is 0 Å². The van der Waals surface area contributed by atoms with Crippen LogP contribution in [0.2, 0.25) is 0 Å². The number of benzene rings is 2. The zero-order valence-corrected chi connectivity index (χ0v) is 15.7. The maximum absolute atomic E-state index is 13.4. The molecule has 0 aliphatic heterocycles. The van der Waals surface area contributed by atoms with Crippen molar-refractivity contribution in [3.63, 3.8) is 0 Å². The fourth-order valence-electron chi connectivity index (χ4n) is 2.71. The number of rotatable bonds is 4. The summed E-state index contributed by atoms with van der Waals surface area (Å²) in [5.74, 6) is 0. The van der Waals surface area contributed by atoms with E-state index in [1.54, 1.807) is 12.1 Å². The van der Waals surface area contributed by atoms with Crippen LogP contribution >= 0.6 is 20.9 Å². The van der Waals surface area contributed by atoms with Crippen LogP contribution < -0.4 is 0 Å². The van der Waals surface area contributed by atoms with Crippen molar-refractivity contribution in [1.82, 2.24) is 0 Å². The van der Waals surface area contributed by atoms with E-state index in [0.717, 1.165) is 9.79 Å². The van der Waals surface area contributed by atoms with Crippen LogP contribution in [0.3, 0.4) is 0 Å². The average molecular weight is 385 g/mol. The highest BCUT2D eigenvalue weighted by Crippen LogP contribution is 2.45. The molecule has 124 valence electrons. The van der Waals surface area contributed by atoms with E-state index in [9.17, 15) is 8.42 Å². The van der Waals surface area contributed by atoms with Crippen molar-refractivity contribution in [1.29, 1.82) is 0 Å². The largest absolute Gasteiger partial charge is 0.304 e. The minimum atomic E-state index is -3.51. The van der Waals surface area contributed by atoms with Crippen molar-refractivity contribution in [2.24, 2.45) is 0 Å². The lowest BCUT2D eigenvalue weighted by Crippen LogP contribution is -1.99. The lowest BCUT2D eigenvalue weighted by Gasteiger charge is -1.98. The first-order chi connectivity index (χ1) is 12.2. The van der Waals surface area contributed by atoms with Gasteiger partial charge in [-0.05, 0) is 36.4 Å². The SMILES string of the molecule is O=S(=O)(c1ccc[s+]1-c1ccccc1)c1ccc[s+]1-c1ccccc1. The van der Waals surface area contributed by atoms with Crippen LogP contribution in [0.25, 0.3) is 9.79 Å². The van der Waals surface area contributed by atoms with Gasteiger partial charge in [0, 0.05) is 33.1 Å². The van der Waals surface area contributed by atoms with E-state index in [1.807, 2.05) is 83.6 Å². The Morgan fingerprint density at radius 2 is 0.920 bits per heavy atom. The molecule has 0 amide bonds. The topological polar surface area (TPSA) is 34.1 Å². The van der Waals surface area contributed by atoms with Crippen molar-refractivity contribution < 1.29 is 8.42 Å². The Balaban J connectivity index is 1.86. The minimum absolute atomic E-state index is 0.488. The first kappa shape index (κ1) is 16.3. The molecule has 0 N–H and O–H groups in total. The van der Waals surface area contributed by atoms with Gasteiger partial charge < -0.3 is 0 Å². The van der Waals surface area contributed by atoms with Crippen molar-refractivity contribution in [2.75, 3.05) is 0 Å². The van der Waals surface area contributed by atoms with Gasteiger partial charge in [0.25, 0.3) is 8.42 Å². The molecule has 4 rings (SSSR count). The van der Waals surface area contributed by atoms with Gasteiger partial charge in [0.2, 0.25) is 0 Å². The third-order valence-corrected chi connectivity index (χ3v) is 11.1. The molecule has 2 unspecified atom stereocenters. The molecular formula is C20H16O2S3+2. The van der Waals surface area contributed by atoms with Crippen LogP contribution in [0.1, 0.15) is 0 Å². The predicted octanol–water partition coefficient (Wildman–Crippen LogP) is 6.00. The van der Waals surface area contributed by atoms with Gasteiger partial charge in [0.15, 0.2) is 9.79 Å². The zero-order valence-electron chi connectivity index (χ0n) is 13.3. The summed E-state index contributed by atoms with van der Waals surface area (Å²) in [6.45, 7) is 0. The number of hydrogen-bond donors (Lipinski definition) is 0. The van der Waals surface area contributed by atoms with Crippen LogP contribution in [0.4, 0.5) is 0 Å². The van der Waals surface area contributed by atoms with Crippen molar-refractivity contribution >= 4 is 30.8 Å². The average Bonchev–Trinajstić information content (AvgIpc) is 3.33. The van der Waals surface area contributed by atoms with E-state index in [0.29, 0.717) is 8.42 Å². The summed E-state index contributed by atoms with van der Waals surface area (Å²) in [5.41, 5.74) is 0. The lowest BCUT2D eigenvalue weighted by atomic mass is 10.4. The summed E-state index contributed by atoms with van der Waals surface area (Å²) >= 11 is 0. The third-order valence-electron chi connectivity index (χ3n) is 3.85. The molecule has 0 spiro atoms. The van der Waals surface area contributed by atoms with E-state index in [1.165, 1.54) is 0 Å². The van der Waals surface area contributed by atoms with Crippen LogP contribution in [0.15, 0.2) is 104 Å². The normalized spacial score (nSPS) is 13.0. The van der Waals surface area contributed by atoms with E-state index in [2.05, 4.69) is 0 Å². The third kappa shape index (κ3) is 2.95. The molecule has 2 aromatic heterocycles. The van der Waals surface area contributed by atoms with Gasteiger partial charge in [0.05, 0.1) is 0 Å². The minimum Gasteiger partial charge on any atom is -0.208 e. The number of hydrogen-bond acceptors (Lipinski definition) is 2. The highest BCUT2D eigenvalue weighted by atomic mass is 32.3. The van der Waals surface area contributed by atoms with Gasteiger partial charge in [-0.3, -0.25) is 0 Å². The molecule has 0 aliphatic carbocycles. The molecule has 25 heavy (non-hydrogen) atoms. The molecule has 4 aromatic rings. The van der Waals surface area contributed by atoms with E-state index in [-0.39, 0.29) is 0 Å². The van der Waals surface area contributed by atoms with Gasteiger partial charge in [-0.1, -0.05) is 36.4 Å². The Labute approximate surface area is 152 Å². The first-order valence-corrected chi connectivity index (χ1v) is 11.8. The van der Waals surface area contributed by atoms with Gasteiger partial charge in [-0.15, -0.1) is 0 Å². The lowest BCUT2D eigenvalue weighted by molar-refractivity contribution is 0.600. The summed E-state index contributed by atoms with van der Waals surface area (Å²) in [6, 6.07) is 26.8. The van der Waals surface area contributed by atoms with Crippen LogP contribution in [-0.4, -0.2) is 8.42 Å². The molecule has 0 saturated heterocycles. The molecule has 0 bridgehead atoms. The number of sulfone groups is 1. The quantitative estimate of drug-likeness (QED) is 0.405. The van der Waals surface area contributed by atoms with Crippen molar-refractivity contribution in [2.45, 2.75) is 8.42 Å². The second-order valence-electron chi connectivity index (χ2n) is 5.43. The fraction of sp³-hybridized carbons (Fsp3) is 0. The molecule has 2 heterocycles. The van der Waals surface area contributed by atoms with Crippen molar-refractivity contribution in [3.8, 4) is 9.79 Å². The van der Waals surface area contributed by atoms with Crippen LogP contribution in [0, 0.1) is 0 Å². The van der Waals surface area contributed by atoms with E-state index < -0.39 is 30.8 Å². The standard InChI is InChI=1S/C20H16O2S3/c21-25(22,19-13-7-15-23(19)17-9-3-1-4-10-17)20-14-8-16-24(20)18-11-5-2-6-12-18/h1-16H/q+2. The molecular weight excluding hydrogens is 368 g/mol. The molecule has 2 atom stereocenters. The van der Waals surface area contributed by atoms with Gasteiger partial charge >= 0.3 is 9.84 Å². The first-order valence-electron chi connectivity index (χ1n) is 7.76. The summed E-state index contributed by atoms with van der Waals surface area (Å²) in [7, 11) is -4.58. The molecule has 0 radical (unpaired) electrons. The molecule has 0 saturated carbocycles. The summed E-state index contributed by atoms with van der Waals surface area (Å²) < 4.78 is 27.8. The second-order valence-corrected chi connectivity index (χ2v) is 11.6. The monoisotopic (exact) mass is 384 g/mol. The Bertz CT molecular complexity index is 1010. The summed E-state index contributed by atoms with van der Waals surface area (Å²) in [6.07, 6.45) is 0. The van der Waals surface area contributed by atoms with Crippen LogP contribution in [-0.2, 0) is 9.84 Å². The smallest absolute Gasteiger partial charge is 0.208 e. The highest BCUT2D eigenvalue weighted by molar-refractivity contribution is 7.97. The van der Waals surface area contributed by atoms with Crippen molar-refractivity contribution in [3.05, 3.63) is 95.7 Å². The molecule has 5 heteroatoms. The molecule has 0 fully saturated rings. The summed E-state index contributed by atoms with van der Waals surface area (Å²) in [5, 5.41) is 3.96. The maximum Gasteiger partial charge on any atom is 0.304 e. The van der Waals surface area contributed by atoms with Gasteiger partial charge in [0.1, 0.15) is 10.8 Å². The predicted molar refractivity (Wildman–Crippen MR) is 106 cm³/mol. The molecule has 2 nitrogen and oxygen atoms in total. The Hall–Kier alpha value is -2.21. The highest BCUT2D eigenvalue weighted by Gasteiger charge is 2.38. The maximum atomic E-state index is 13.4. The van der Waals surface area contributed by atoms with Gasteiger partial charge in [-0.25, -0.2) is 8.42 Å². The fourth-order valence-corrected chi connectivity index (χ4v) is 9.79.